The van der Waals surface area contributed by atoms with Crippen LogP contribution in [0.3, 0.4) is 0 Å². The van der Waals surface area contributed by atoms with Crippen LogP contribution in [0, 0.1) is 11.6 Å². The number of carbonyl (C=O) groups excluding carboxylic acids is 3. The average Bonchev–Trinajstić information content (AvgIpc) is 3.28. The molecular formula is C24H19F5N4O6. The number of fused-ring (bicyclic) bond motifs is 1. The zero-order valence-corrected chi connectivity index (χ0v) is 20.2. The number of rotatable bonds is 6. The largest absolute Gasteiger partial charge is 0.466 e. The fraction of sp³-hybridized carbons (Fsp3) is 0.292. The Labute approximate surface area is 215 Å². The molecule has 2 atom stereocenters. The summed E-state index contributed by atoms with van der Waals surface area (Å²) >= 11 is 0. The van der Waals surface area contributed by atoms with Crippen molar-refractivity contribution >= 4 is 34.8 Å². The van der Waals surface area contributed by atoms with Crippen LogP contribution in [0.4, 0.5) is 32.6 Å². The predicted molar refractivity (Wildman–Crippen MR) is 124 cm³/mol. The van der Waals surface area contributed by atoms with Gasteiger partial charge in [-0.25, -0.2) is 23.4 Å². The lowest BCUT2D eigenvalue weighted by Gasteiger charge is -2.21. The first kappa shape index (κ1) is 27.5. The second kappa shape index (κ2) is 10.3. The van der Waals surface area contributed by atoms with Gasteiger partial charge in [-0.3, -0.25) is 19.1 Å². The number of hydrogen-bond donors (Lipinski definition) is 1. The van der Waals surface area contributed by atoms with Crippen LogP contribution in [0.2, 0.25) is 0 Å². The summed E-state index contributed by atoms with van der Waals surface area (Å²) in [7, 11) is 1.09. The number of aromatic nitrogens is 2. The van der Waals surface area contributed by atoms with Gasteiger partial charge < -0.3 is 14.8 Å². The van der Waals surface area contributed by atoms with Crippen molar-refractivity contribution in [2.45, 2.75) is 31.7 Å². The molecule has 0 unspecified atom stereocenters. The fourth-order valence-electron chi connectivity index (χ4n) is 3.92. The molecule has 15 heteroatoms. The monoisotopic (exact) mass is 554 g/mol. The summed E-state index contributed by atoms with van der Waals surface area (Å²) in [4.78, 5) is 55.2. The molecule has 1 aliphatic heterocycles. The van der Waals surface area contributed by atoms with Gasteiger partial charge in [0, 0.05) is 12.3 Å². The molecule has 4 rings (SSSR count). The smallest absolute Gasteiger partial charge is 0.416 e. The van der Waals surface area contributed by atoms with E-state index in [1.807, 2.05) is 0 Å². The van der Waals surface area contributed by atoms with Gasteiger partial charge in [-0.2, -0.15) is 13.2 Å². The molecule has 1 aromatic carbocycles. The summed E-state index contributed by atoms with van der Waals surface area (Å²) in [5.41, 5.74) is -2.53. The lowest BCUT2D eigenvalue weighted by molar-refractivity contribution is -0.153. The number of methoxy groups -OCH3 is 1. The first-order valence-corrected chi connectivity index (χ1v) is 11.3. The lowest BCUT2D eigenvalue weighted by Crippen LogP contribution is -2.46. The van der Waals surface area contributed by atoms with Crippen molar-refractivity contribution in [3.05, 3.63) is 63.9 Å². The zero-order valence-electron chi connectivity index (χ0n) is 20.2. The standard InChI is InChI=1S/C24H19F5N4O6/c1-3-17(24(27,28)29)30-21(35)13-9-32(15-6-4-11(25)8-14(15)26)20-12(19(13)34)5-7-18(31-20)33-10-16(22(36)38-2)39-23(33)37/h4-9,16-17H,3,10H2,1-2H3,(H,30,35)/t16-,17+/m1/s1. The second-order valence-electron chi connectivity index (χ2n) is 8.36. The maximum absolute atomic E-state index is 14.8. The molecule has 1 saturated heterocycles. The van der Waals surface area contributed by atoms with Crippen molar-refractivity contribution in [2.24, 2.45) is 0 Å². The quantitative estimate of drug-likeness (QED) is 0.367. The Hall–Kier alpha value is -4.56. The third-order valence-electron chi connectivity index (χ3n) is 5.91. The Morgan fingerprint density at radius 3 is 2.54 bits per heavy atom. The molecule has 1 fully saturated rings. The maximum atomic E-state index is 14.8. The number of ether oxygens (including phenoxy) is 2. The van der Waals surface area contributed by atoms with E-state index in [1.54, 1.807) is 5.32 Å². The summed E-state index contributed by atoms with van der Waals surface area (Å²) in [6.45, 7) is 0.875. The minimum absolute atomic E-state index is 0.144. The van der Waals surface area contributed by atoms with Crippen molar-refractivity contribution in [3.8, 4) is 5.69 Å². The van der Waals surface area contributed by atoms with E-state index in [1.165, 1.54) is 13.0 Å². The van der Waals surface area contributed by atoms with E-state index >= 15 is 0 Å². The Balaban J connectivity index is 1.89. The molecule has 0 bridgehead atoms. The van der Waals surface area contributed by atoms with Gasteiger partial charge in [-0.1, -0.05) is 6.92 Å². The Morgan fingerprint density at radius 2 is 1.92 bits per heavy atom. The average molecular weight is 554 g/mol. The number of pyridine rings is 2. The summed E-state index contributed by atoms with van der Waals surface area (Å²) < 4.78 is 78.5. The van der Waals surface area contributed by atoms with E-state index in [0.29, 0.717) is 6.07 Å². The van der Waals surface area contributed by atoms with Crippen molar-refractivity contribution in [1.29, 1.82) is 0 Å². The molecule has 2 aromatic heterocycles. The van der Waals surface area contributed by atoms with Gasteiger partial charge in [0.15, 0.2) is 5.65 Å². The van der Waals surface area contributed by atoms with Gasteiger partial charge >= 0.3 is 18.2 Å². The molecule has 10 nitrogen and oxygen atoms in total. The minimum atomic E-state index is -4.80. The summed E-state index contributed by atoms with van der Waals surface area (Å²) in [6.07, 6.45) is -6.80. The molecule has 0 radical (unpaired) electrons. The summed E-state index contributed by atoms with van der Waals surface area (Å²) in [5, 5.41) is 1.42. The molecule has 3 heterocycles. The maximum Gasteiger partial charge on any atom is 0.416 e. The van der Waals surface area contributed by atoms with Gasteiger partial charge in [0.05, 0.1) is 24.7 Å². The molecule has 39 heavy (non-hydrogen) atoms. The van der Waals surface area contributed by atoms with Crippen molar-refractivity contribution < 1.29 is 45.8 Å². The first-order chi connectivity index (χ1) is 18.3. The number of cyclic esters (lactones) is 1. The van der Waals surface area contributed by atoms with Crippen molar-refractivity contribution in [1.82, 2.24) is 14.9 Å². The van der Waals surface area contributed by atoms with Gasteiger partial charge in [0.1, 0.15) is 29.1 Å². The summed E-state index contributed by atoms with van der Waals surface area (Å²) in [6, 6.07) is 2.38. The Bertz CT molecular complexity index is 1540. The lowest BCUT2D eigenvalue weighted by atomic mass is 10.1. The second-order valence-corrected chi connectivity index (χ2v) is 8.36. The van der Waals surface area contributed by atoms with Crippen molar-refractivity contribution in [2.75, 3.05) is 18.6 Å². The van der Waals surface area contributed by atoms with Gasteiger partial charge in [-0.15, -0.1) is 0 Å². The minimum Gasteiger partial charge on any atom is -0.466 e. The molecule has 1 N–H and O–H groups in total. The van der Waals surface area contributed by atoms with E-state index in [4.69, 9.17) is 4.74 Å². The number of alkyl halides is 3. The van der Waals surface area contributed by atoms with E-state index < -0.39 is 71.0 Å². The van der Waals surface area contributed by atoms with E-state index in [9.17, 15) is 41.1 Å². The number of benzene rings is 1. The van der Waals surface area contributed by atoms with Crippen LogP contribution in [-0.4, -0.2) is 59.5 Å². The third-order valence-corrected chi connectivity index (χ3v) is 5.91. The van der Waals surface area contributed by atoms with Gasteiger partial charge in [0.2, 0.25) is 11.5 Å². The number of anilines is 1. The molecule has 1 aliphatic rings. The van der Waals surface area contributed by atoms with Crippen LogP contribution >= 0.6 is 0 Å². The highest BCUT2D eigenvalue weighted by atomic mass is 19.4. The van der Waals surface area contributed by atoms with Crippen LogP contribution in [-0.2, 0) is 14.3 Å². The predicted octanol–water partition coefficient (Wildman–Crippen LogP) is 3.23. The Morgan fingerprint density at radius 1 is 1.21 bits per heavy atom. The molecule has 3 aromatic rings. The van der Waals surface area contributed by atoms with E-state index in [-0.39, 0.29) is 23.4 Å². The van der Waals surface area contributed by atoms with E-state index in [0.717, 1.165) is 41.0 Å². The number of hydrogen-bond acceptors (Lipinski definition) is 7. The van der Waals surface area contributed by atoms with Crippen LogP contribution in [0.25, 0.3) is 16.7 Å². The number of carbonyl (C=O) groups is 3. The molecule has 0 saturated carbocycles. The van der Waals surface area contributed by atoms with Gasteiger partial charge in [-0.05, 0) is 30.7 Å². The van der Waals surface area contributed by atoms with Crippen LogP contribution in [0.15, 0.2) is 41.3 Å². The SMILES string of the molecule is CC[C@H](NC(=O)c1cn(-c2ccc(F)cc2F)c2nc(N3C[C@H](C(=O)OC)OC3=O)ccc2c1=O)C(F)(F)F. The number of halogens is 5. The Kier molecular flexibility index (Phi) is 7.26. The number of nitrogens with zero attached hydrogens (tertiary/aromatic N) is 3. The first-order valence-electron chi connectivity index (χ1n) is 11.3. The number of amides is 2. The zero-order chi connectivity index (χ0) is 28.6. The molecule has 0 spiro atoms. The normalized spacial score (nSPS) is 16.2. The third kappa shape index (κ3) is 5.24. The van der Waals surface area contributed by atoms with Crippen LogP contribution < -0.4 is 15.6 Å². The molecule has 2 amide bonds. The van der Waals surface area contributed by atoms with Crippen LogP contribution in [0.1, 0.15) is 23.7 Å². The van der Waals surface area contributed by atoms with E-state index in [2.05, 4.69) is 9.72 Å². The highest BCUT2D eigenvalue weighted by Crippen LogP contribution is 2.26. The van der Waals surface area contributed by atoms with Gasteiger partial charge in [0.25, 0.3) is 5.91 Å². The highest BCUT2D eigenvalue weighted by Gasteiger charge is 2.40. The molecule has 0 aliphatic carbocycles. The number of nitrogens with one attached hydrogen (secondary N) is 1. The molecule has 206 valence electrons. The van der Waals surface area contributed by atoms with Crippen molar-refractivity contribution in [3.63, 3.8) is 0 Å². The molecular weight excluding hydrogens is 535 g/mol. The topological polar surface area (TPSA) is 120 Å². The highest BCUT2D eigenvalue weighted by molar-refractivity contribution is 5.98. The number of esters is 1. The summed E-state index contributed by atoms with van der Waals surface area (Å²) in [5.74, 6) is -4.45. The fourth-order valence-corrected chi connectivity index (χ4v) is 3.92. The van der Waals surface area contributed by atoms with Crippen LogP contribution in [0.5, 0.6) is 0 Å².